The monoisotopic (exact) mass is 541 g/mol. The zero-order valence-electron chi connectivity index (χ0n) is 22.2. The van der Waals surface area contributed by atoms with Crippen molar-refractivity contribution in [3.8, 4) is 22.9 Å². The number of halogens is 1. The maximum Gasteiger partial charge on any atom is 0.322 e. The summed E-state index contributed by atoms with van der Waals surface area (Å²) in [5, 5.41) is 7.37. The molecule has 1 saturated carbocycles. The average Bonchev–Trinajstić information content (AvgIpc) is 3.58. The lowest BCUT2D eigenvalue weighted by Gasteiger charge is -2.42. The molecule has 0 bridgehead atoms. The highest BCUT2D eigenvalue weighted by molar-refractivity contribution is 5.88. The van der Waals surface area contributed by atoms with Crippen LogP contribution < -0.4 is 15.0 Å². The number of benzene rings is 1. The Kier molecular flexibility index (Phi) is 6.37. The van der Waals surface area contributed by atoms with Crippen molar-refractivity contribution in [2.75, 3.05) is 29.9 Å². The van der Waals surface area contributed by atoms with Crippen LogP contribution in [0.15, 0.2) is 61.7 Å². The number of ether oxygens (including phenoxy) is 1. The van der Waals surface area contributed by atoms with Gasteiger partial charge in [-0.3, -0.25) is 9.48 Å². The highest BCUT2D eigenvalue weighted by Gasteiger charge is 2.53. The summed E-state index contributed by atoms with van der Waals surface area (Å²) in [6.45, 7) is 7.18. The van der Waals surface area contributed by atoms with Gasteiger partial charge in [-0.25, -0.2) is 19.3 Å². The minimum atomic E-state index is -0.564. The number of carbonyl (C=O) groups excluding carboxylic acids is 1. The first-order valence-corrected chi connectivity index (χ1v) is 12.9. The van der Waals surface area contributed by atoms with E-state index in [-0.39, 0.29) is 23.2 Å². The van der Waals surface area contributed by atoms with Crippen LogP contribution in [0.3, 0.4) is 0 Å². The first-order valence-electron chi connectivity index (χ1n) is 12.9. The van der Waals surface area contributed by atoms with E-state index in [4.69, 9.17) is 9.72 Å². The molecule has 1 amide bonds. The Morgan fingerprint density at radius 2 is 2.02 bits per heavy atom. The zero-order chi connectivity index (χ0) is 27.9. The van der Waals surface area contributed by atoms with E-state index in [9.17, 15) is 4.79 Å². The molecule has 0 unspecified atom stereocenters. The van der Waals surface area contributed by atoms with Crippen molar-refractivity contribution >= 4 is 23.4 Å². The van der Waals surface area contributed by atoms with Gasteiger partial charge in [0.25, 0.3) is 0 Å². The average molecular weight is 542 g/mol. The highest BCUT2D eigenvalue weighted by Crippen LogP contribution is 2.46. The minimum Gasteiger partial charge on any atom is -0.421 e. The third-order valence-corrected chi connectivity index (χ3v) is 7.17. The van der Waals surface area contributed by atoms with Gasteiger partial charge in [-0.1, -0.05) is 12.6 Å². The summed E-state index contributed by atoms with van der Waals surface area (Å²) < 4.78 is 22.5. The molecule has 11 nitrogen and oxygen atoms in total. The van der Waals surface area contributed by atoms with Gasteiger partial charge in [-0.15, -0.1) is 0 Å². The summed E-state index contributed by atoms with van der Waals surface area (Å²) >= 11 is 0. The second-order valence-electron chi connectivity index (χ2n) is 10.0. The maximum atomic E-state index is 15.3. The molecule has 1 aliphatic carbocycles. The molecule has 1 aliphatic heterocycles. The SMILES string of the molecule is C=CC(=O)N1CCN(c2nc(Nc3cnn(C)c3)ncc2-c2ccc(Oc3nccc(C)n3)c(F)c2)CC12CC2. The molecule has 1 aromatic carbocycles. The predicted molar refractivity (Wildman–Crippen MR) is 147 cm³/mol. The highest BCUT2D eigenvalue weighted by atomic mass is 19.1. The van der Waals surface area contributed by atoms with Gasteiger partial charge < -0.3 is 19.9 Å². The lowest BCUT2D eigenvalue weighted by atomic mass is 10.0. The van der Waals surface area contributed by atoms with E-state index in [0.29, 0.717) is 48.2 Å². The van der Waals surface area contributed by atoms with Crippen LogP contribution in [0.25, 0.3) is 11.1 Å². The molecule has 1 spiro atoms. The molecule has 1 saturated heterocycles. The topological polar surface area (TPSA) is 114 Å². The van der Waals surface area contributed by atoms with Crippen LogP contribution in [0.2, 0.25) is 0 Å². The van der Waals surface area contributed by atoms with Crippen molar-refractivity contribution in [2.24, 2.45) is 7.05 Å². The summed E-state index contributed by atoms with van der Waals surface area (Å²) in [6.07, 6.45) is 9.93. The molecule has 4 aromatic rings. The molecular weight excluding hydrogens is 513 g/mol. The van der Waals surface area contributed by atoms with E-state index in [1.807, 2.05) is 18.1 Å². The second kappa shape index (κ2) is 10.0. The van der Waals surface area contributed by atoms with Crippen molar-refractivity contribution in [1.82, 2.24) is 34.6 Å². The van der Waals surface area contributed by atoms with E-state index >= 15 is 4.39 Å². The third-order valence-electron chi connectivity index (χ3n) is 7.17. The molecule has 0 radical (unpaired) electrons. The minimum absolute atomic E-state index is 0.0140. The normalized spacial score (nSPS) is 15.7. The quantitative estimate of drug-likeness (QED) is 0.347. The van der Waals surface area contributed by atoms with Crippen molar-refractivity contribution < 1.29 is 13.9 Å². The van der Waals surface area contributed by atoms with Gasteiger partial charge in [0.15, 0.2) is 11.6 Å². The number of aryl methyl sites for hydroxylation is 2. The summed E-state index contributed by atoms with van der Waals surface area (Å²) in [4.78, 5) is 34.2. The Labute approximate surface area is 230 Å². The molecule has 3 aromatic heterocycles. The van der Waals surface area contributed by atoms with Crippen LogP contribution in [-0.2, 0) is 11.8 Å². The number of nitrogens with zero attached hydrogens (tertiary/aromatic N) is 8. The molecule has 2 fully saturated rings. The first-order chi connectivity index (χ1) is 19.3. The number of nitrogens with one attached hydrogen (secondary N) is 1. The molecule has 4 heterocycles. The number of aromatic nitrogens is 6. The summed E-state index contributed by atoms with van der Waals surface area (Å²) in [5.41, 5.74) is 2.46. The smallest absolute Gasteiger partial charge is 0.322 e. The van der Waals surface area contributed by atoms with Crippen LogP contribution in [-0.4, -0.2) is 65.7 Å². The van der Waals surface area contributed by atoms with Gasteiger partial charge in [-0.05, 0) is 49.6 Å². The molecular formula is C28H28FN9O2. The molecule has 0 atom stereocenters. The van der Waals surface area contributed by atoms with Crippen molar-refractivity contribution in [2.45, 2.75) is 25.3 Å². The van der Waals surface area contributed by atoms with Crippen LogP contribution in [0.1, 0.15) is 18.5 Å². The number of carbonyl (C=O) groups is 1. The molecule has 12 heteroatoms. The summed E-state index contributed by atoms with van der Waals surface area (Å²) in [5.74, 6) is 0.423. The largest absolute Gasteiger partial charge is 0.421 e. The number of anilines is 3. The molecule has 2 aliphatic rings. The van der Waals surface area contributed by atoms with Gasteiger partial charge in [0.1, 0.15) is 5.82 Å². The first kappa shape index (κ1) is 25.4. The molecule has 204 valence electrons. The molecule has 40 heavy (non-hydrogen) atoms. The van der Waals surface area contributed by atoms with Gasteiger partial charge in [0.05, 0.1) is 17.4 Å². The Hall–Kier alpha value is -4.87. The van der Waals surface area contributed by atoms with Crippen molar-refractivity contribution in [1.29, 1.82) is 0 Å². The molecule has 6 rings (SSSR count). The lowest BCUT2D eigenvalue weighted by Crippen LogP contribution is -2.57. The van der Waals surface area contributed by atoms with Gasteiger partial charge >= 0.3 is 6.01 Å². The summed E-state index contributed by atoms with van der Waals surface area (Å²) in [7, 11) is 1.83. The Bertz CT molecular complexity index is 1600. The van der Waals surface area contributed by atoms with Crippen LogP contribution >= 0.6 is 0 Å². The van der Waals surface area contributed by atoms with Gasteiger partial charge in [0, 0.05) is 56.5 Å². The lowest BCUT2D eigenvalue weighted by molar-refractivity contribution is -0.129. The Balaban J connectivity index is 1.34. The van der Waals surface area contributed by atoms with E-state index in [1.54, 1.807) is 48.4 Å². The number of hydrogen-bond acceptors (Lipinski definition) is 9. The van der Waals surface area contributed by atoms with E-state index in [1.165, 1.54) is 12.1 Å². The van der Waals surface area contributed by atoms with Gasteiger partial charge in [-0.2, -0.15) is 10.1 Å². The van der Waals surface area contributed by atoms with Crippen LogP contribution in [0.5, 0.6) is 11.8 Å². The van der Waals surface area contributed by atoms with E-state index < -0.39 is 5.82 Å². The second-order valence-corrected chi connectivity index (χ2v) is 10.0. The molecule has 1 N–H and O–H groups in total. The van der Waals surface area contributed by atoms with E-state index in [2.05, 4.69) is 36.8 Å². The standard InChI is InChI=1S/C28H28FN9O2/c1-4-24(39)38-12-11-37(17-28(38)8-9-28)25-21(15-31-26(35-25)34-20-14-32-36(3)16-20)19-5-6-23(22(29)13-19)40-27-30-10-7-18(2)33-27/h4-7,10,13-16H,1,8-9,11-12,17H2,2-3H3,(H,31,34,35). The number of rotatable bonds is 7. The van der Waals surface area contributed by atoms with Crippen molar-refractivity contribution in [3.05, 3.63) is 73.2 Å². The zero-order valence-corrected chi connectivity index (χ0v) is 22.2. The number of piperazine rings is 1. The van der Waals surface area contributed by atoms with E-state index in [0.717, 1.165) is 18.5 Å². The van der Waals surface area contributed by atoms with Gasteiger partial charge in [0.2, 0.25) is 11.9 Å². The fourth-order valence-electron chi connectivity index (χ4n) is 5.00. The third kappa shape index (κ3) is 4.95. The number of amides is 1. The maximum absolute atomic E-state index is 15.3. The predicted octanol–water partition coefficient (Wildman–Crippen LogP) is 4.02. The fourth-order valence-corrected chi connectivity index (χ4v) is 5.00. The Morgan fingerprint density at radius 3 is 2.73 bits per heavy atom. The van der Waals surface area contributed by atoms with Crippen LogP contribution in [0, 0.1) is 12.7 Å². The van der Waals surface area contributed by atoms with Crippen LogP contribution in [0.4, 0.5) is 21.8 Å². The fraction of sp³-hybridized carbons (Fsp3) is 0.286. The summed E-state index contributed by atoms with van der Waals surface area (Å²) in [6, 6.07) is 6.51. The van der Waals surface area contributed by atoms with Crippen molar-refractivity contribution in [3.63, 3.8) is 0 Å². The number of hydrogen-bond donors (Lipinski definition) is 1. The Morgan fingerprint density at radius 1 is 1.18 bits per heavy atom.